The lowest BCUT2D eigenvalue weighted by Gasteiger charge is -2.16. The van der Waals surface area contributed by atoms with E-state index in [1.165, 1.54) is 5.56 Å². The fraction of sp³-hybridized carbons (Fsp3) is 0.364. The number of primary amides is 1. The van der Waals surface area contributed by atoms with Crippen LogP contribution in [0.4, 0.5) is 0 Å². The quantitative estimate of drug-likeness (QED) is 0.251. The monoisotopic (exact) mass is 526 g/mol. The van der Waals surface area contributed by atoms with Crippen molar-refractivity contribution in [2.75, 3.05) is 27.3 Å². The third-order valence-electron chi connectivity index (χ3n) is 4.52. The Morgan fingerprint density at radius 2 is 1.87 bits per heavy atom. The zero-order chi connectivity index (χ0) is 21.1. The number of hydrogen-bond donors (Lipinski definition) is 3. The van der Waals surface area contributed by atoms with Crippen LogP contribution in [0.2, 0.25) is 0 Å². The topological polar surface area (TPSA) is 98.0 Å². The number of aliphatic imine (C=N–C) groups is 1. The van der Waals surface area contributed by atoms with Crippen molar-refractivity contribution >= 4 is 35.8 Å². The minimum Gasteiger partial charge on any atom is -0.497 e. The van der Waals surface area contributed by atoms with Gasteiger partial charge in [-0.3, -0.25) is 9.79 Å². The van der Waals surface area contributed by atoms with Gasteiger partial charge in [0.05, 0.1) is 7.11 Å². The van der Waals surface area contributed by atoms with Gasteiger partial charge >= 0.3 is 0 Å². The molecule has 0 spiro atoms. The molecule has 164 valence electrons. The molecule has 8 heteroatoms. The summed E-state index contributed by atoms with van der Waals surface area (Å²) in [6, 6.07) is 15.7. The number of hydrogen-bond acceptors (Lipinski definition) is 4. The second kappa shape index (κ2) is 13.7. The van der Waals surface area contributed by atoms with E-state index in [1.807, 2.05) is 30.3 Å². The Balaban J connectivity index is 0.00000450. The molecule has 4 N–H and O–H groups in total. The van der Waals surface area contributed by atoms with Crippen LogP contribution in [0.5, 0.6) is 11.5 Å². The summed E-state index contributed by atoms with van der Waals surface area (Å²) >= 11 is 0. The van der Waals surface area contributed by atoms with Gasteiger partial charge in [0, 0.05) is 20.1 Å². The van der Waals surface area contributed by atoms with Crippen molar-refractivity contribution in [3.8, 4) is 11.5 Å². The summed E-state index contributed by atoms with van der Waals surface area (Å²) in [6.45, 7) is 3.46. The number of nitrogens with zero attached hydrogens (tertiary/aromatic N) is 1. The third-order valence-corrected chi connectivity index (χ3v) is 4.52. The molecule has 0 aliphatic heterocycles. The second-order valence-corrected chi connectivity index (χ2v) is 6.72. The van der Waals surface area contributed by atoms with E-state index in [0.29, 0.717) is 18.2 Å². The first kappa shape index (κ1) is 25.5. The molecule has 0 aromatic heterocycles. The van der Waals surface area contributed by atoms with Gasteiger partial charge in [0.15, 0.2) is 12.6 Å². The van der Waals surface area contributed by atoms with Gasteiger partial charge < -0.3 is 25.8 Å². The lowest BCUT2D eigenvalue weighted by Crippen LogP contribution is -2.37. The predicted octanol–water partition coefficient (Wildman–Crippen LogP) is 3.04. The number of benzene rings is 2. The van der Waals surface area contributed by atoms with Crippen LogP contribution in [-0.4, -0.2) is 39.2 Å². The van der Waals surface area contributed by atoms with E-state index in [9.17, 15) is 4.79 Å². The van der Waals surface area contributed by atoms with Gasteiger partial charge in [-0.15, -0.1) is 24.0 Å². The molecule has 0 saturated heterocycles. The van der Waals surface area contributed by atoms with Crippen molar-refractivity contribution in [1.82, 2.24) is 10.6 Å². The Kier molecular flexibility index (Phi) is 11.7. The van der Waals surface area contributed by atoms with Gasteiger partial charge in [-0.1, -0.05) is 31.2 Å². The molecule has 2 aromatic carbocycles. The molecule has 0 aliphatic rings. The Bertz CT molecular complexity index is 812. The molecule has 7 nitrogen and oxygen atoms in total. The van der Waals surface area contributed by atoms with Gasteiger partial charge in [-0.05, 0) is 47.7 Å². The van der Waals surface area contributed by atoms with Gasteiger partial charge in [0.1, 0.15) is 11.5 Å². The van der Waals surface area contributed by atoms with Crippen molar-refractivity contribution in [3.63, 3.8) is 0 Å². The molecule has 0 aliphatic carbocycles. The van der Waals surface area contributed by atoms with Crippen LogP contribution in [0.15, 0.2) is 53.5 Å². The molecule has 0 heterocycles. The average Bonchev–Trinajstić information content (AvgIpc) is 2.74. The van der Waals surface area contributed by atoms with Crippen molar-refractivity contribution in [2.24, 2.45) is 10.7 Å². The number of carbonyl (C=O) groups excluding carboxylic acids is 1. The Morgan fingerprint density at radius 3 is 2.50 bits per heavy atom. The van der Waals surface area contributed by atoms with E-state index in [4.69, 9.17) is 15.2 Å². The molecule has 0 radical (unpaired) electrons. The van der Waals surface area contributed by atoms with E-state index >= 15 is 0 Å². The highest BCUT2D eigenvalue weighted by Gasteiger charge is 2.07. The maximum Gasteiger partial charge on any atom is 0.255 e. The number of guanidine groups is 1. The molecule has 2 rings (SSSR count). The number of methoxy groups -OCH3 is 1. The summed E-state index contributed by atoms with van der Waals surface area (Å²) in [6.07, 6.45) is 0.976. The lowest BCUT2D eigenvalue weighted by atomic mass is 9.98. The molecule has 1 atom stereocenters. The van der Waals surface area contributed by atoms with Gasteiger partial charge in [-0.25, -0.2) is 0 Å². The van der Waals surface area contributed by atoms with Gasteiger partial charge in [0.2, 0.25) is 0 Å². The van der Waals surface area contributed by atoms with Crippen molar-refractivity contribution in [1.29, 1.82) is 0 Å². The van der Waals surface area contributed by atoms with Crippen LogP contribution in [-0.2, 0) is 11.3 Å². The minimum absolute atomic E-state index is 0. The van der Waals surface area contributed by atoms with E-state index in [-0.39, 0.29) is 30.6 Å². The van der Waals surface area contributed by atoms with Gasteiger partial charge in [0.25, 0.3) is 5.91 Å². The van der Waals surface area contributed by atoms with Crippen LogP contribution in [0.25, 0.3) is 0 Å². The fourth-order valence-corrected chi connectivity index (χ4v) is 2.81. The highest BCUT2D eigenvalue weighted by molar-refractivity contribution is 14.0. The summed E-state index contributed by atoms with van der Waals surface area (Å²) in [5, 5.41) is 6.62. The highest BCUT2D eigenvalue weighted by Crippen LogP contribution is 2.21. The SMILES string of the molecule is CN=C(NCCC(C)c1ccc(OC)cc1)NCc1cccc(OCC(N)=O)c1.I. The first-order valence-electron chi connectivity index (χ1n) is 9.60. The third kappa shape index (κ3) is 8.89. The maximum absolute atomic E-state index is 10.8. The fourth-order valence-electron chi connectivity index (χ4n) is 2.81. The molecule has 0 fully saturated rings. The van der Waals surface area contributed by atoms with Crippen LogP contribution >= 0.6 is 24.0 Å². The summed E-state index contributed by atoms with van der Waals surface area (Å²) in [7, 11) is 3.42. The second-order valence-electron chi connectivity index (χ2n) is 6.72. The number of ether oxygens (including phenoxy) is 2. The van der Waals surface area contributed by atoms with Crippen LogP contribution < -0.4 is 25.8 Å². The summed E-state index contributed by atoms with van der Waals surface area (Å²) in [5.74, 6) is 2.13. The zero-order valence-electron chi connectivity index (χ0n) is 17.7. The molecule has 0 saturated carbocycles. The standard InChI is InChI=1S/C22H30N4O3.HI/c1-16(18-7-9-19(28-3)10-8-18)11-12-25-22(24-2)26-14-17-5-4-6-20(13-17)29-15-21(23)27;/h4-10,13,16H,11-12,14-15H2,1-3H3,(H2,23,27)(H2,24,25,26);1H. The van der Waals surface area contributed by atoms with E-state index in [0.717, 1.165) is 30.2 Å². The summed E-state index contributed by atoms with van der Waals surface area (Å²) in [5.41, 5.74) is 7.40. The van der Waals surface area contributed by atoms with Gasteiger partial charge in [-0.2, -0.15) is 0 Å². The number of amides is 1. The first-order chi connectivity index (χ1) is 14.0. The van der Waals surface area contributed by atoms with Crippen molar-refractivity contribution in [3.05, 3.63) is 59.7 Å². The van der Waals surface area contributed by atoms with E-state index in [2.05, 4.69) is 34.7 Å². The van der Waals surface area contributed by atoms with Crippen molar-refractivity contribution < 1.29 is 14.3 Å². The van der Waals surface area contributed by atoms with E-state index in [1.54, 1.807) is 20.2 Å². The molecule has 1 unspecified atom stereocenters. The largest absolute Gasteiger partial charge is 0.497 e. The Morgan fingerprint density at radius 1 is 1.13 bits per heavy atom. The van der Waals surface area contributed by atoms with Crippen LogP contribution in [0, 0.1) is 0 Å². The van der Waals surface area contributed by atoms with Crippen LogP contribution in [0.1, 0.15) is 30.4 Å². The summed E-state index contributed by atoms with van der Waals surface area (Å²) < 4.78 is 10.5. The molecular weight excluding hydrogens is 495 g/mol. The smallest absolute Gasteiger partial charge is 0.255 e. The molecule has 30 heavy (non-hydrogen) atoms. The number of nitrogens with two attached hydrogens (primary N) is 1. The molecule has 0 bridgehead atoms. The van der Waals surface area contributed by atoms with E-state index < -0.39 is 5.91 Å². The lowest BCUT2D eigenvalue weighted by molar-refractivity contribution is -0.119. The zero-order valence-corrected chi connectivity index (χ0v) is 20.0. The highest BCUT2D eigenvalue weighted by atomic mass is 127. The Hall–Kier alpha value is -2.49. The minimum atomic E-state index is -0.498. The number of nitrogens with one attached hydrogen (secondary N) is 2. The number of rotatable bonds is 10. The van der Waals surface area contributed by atoms with Crippen molar-refractivity contribution in [2.45, 2.75) is 25.8 Å². The average molecular weight is 526 g/mol. The predicted molar refractivity (Wildman–Crippen MR) is 131 cm³/mol. The molecule has 2 aromatic rings. The normalized spacial score (nSPS) is 11.8. The Labute approximate surface area is 195 Å². The maximum atomic E-state index is 10.8. The molecule has 1 amide bonds. The first-order valence-corrected chi connectivity index (χ1v) is 9.60. The number of carbonyl (C=O) groups is 1. The van der Waals surface area contributed by atoms with Crippen LogP contribution in [0.3, 0.4) is 0 Å². The molecular formula is C22H31IN4O3. The summed E-state index contributed by atoms with van der Waals surface area (Å²) in [4.78, 5) is 15.1. The number of halogens is 1.